The molecule has 170 valence electrons. The van der Waals surface area contributed by atoms with E-state index < -0.39 is 16.0 Å². The van der Waals surface area contributed by atoms with Gasteiger partial charge >= 0.3 is 5.97 Å². The van der Waals surface area contributed by atoms with Gasteiger partial charge in [0, 0.05) is 30.4 Å². The van der Waals surface area contributed by atoms with Crippen LogP contribution in [-0.2, 0) is 21.2 Å². The normalized spacial score (nSPS) is 12.6. The number of nitrogens with zero attached hydrogens (tertiary/aromatic N) is 1. The molecular weight excluding hydrogens is 436 g/mol. The zero-order valence-electron chi connectivity index (χ0n) is 17.9. The van der Waals surface area contributed by atoms with E-state index in [1.165, 1.54) is 23.3 Å². The minimum absolute atomic E-state index is 0.166. The zero-order valence-corrected chi connectivity index (χ0v) is 19.5. The SMILES string of the molecule is Cc1ccncc1CCCC(CCCCNS(=O)(=O)c1ccc(Cl)cc1)CCC(=O)O. The van der Waals surface area contributed by atoms with Gasteiger partial charge < -0.3 is 5.11 Å². The van der Waals surface area contributed by atoms with E-state index in [9.17, 15) is 13.2 Å². The Kier molecular flexibility index (Phi) is 10.4. The quantitative estimate of drug-likeness (QED) is 0.382. The molecule has 2 aromatic rings. The molecule has 0 aliphatic carbocycles. The van der Waals surface area contributed by atoms with E-state index in [1.54, 1.807) is 18.3 Å². The molecule has 0 aliphatic heterocycles. The molecule has 1 aromatic heterocycles. The Balaban J connectivity index is 1.75. The highest BCUT2D eigenvalue weighted by molar-refractivity contribution is 7.89. The highest BCUT2D eigenvalue weighted by Gasteiger charge is 2.14. The Morgan fingerprint density at radius 2 is 1.81 bits per heavy atom. The van der Waals surface area contributed by atoms with Gasteiger partial charge in [0.25, 0.3) is 0 Å². The van der Waals surface area contributed by atoms with Crippen molar-refractivity contribution in [3.8, 4) is 0 Å². The summed E-state index contributed by atoms with van der Waals surface area (Å²) in [7, 11) is -3.54. The fourth-order valence-electron chi connectivity index (χ4n) is 3.56. The van der Waals surface area contributed by atoms with Crippen molar-refractivity contribution in [3.05, 3.63) is 58.9 Å². The Hall–Kier alpha value is -1.96. The van der Waals surface area contributed by atoms with Crippen molar-refractivity contribution < 1.29 is 18.3 Å². The van der Waals surface area contributed by atoms with Crippen molar-refractivity contribution in [2.75, 3.05) is 6.54 Å². The summed E-state index contributed by atoms with van der Waals surface area (Å²) in [6.45, 7) is 2.43. The van der Waals surface area contributed by atoms with Gasteiger partial charge in [-0.05, 0) is 80.0 Å². The molecule has 0 aliphatic rings. The number of carboxylic acid groups (broad SMARTS) is 1. The lowest BCUT2D eigenvalue weighted by atomic mass is 9.90. The average Bonchev–Trinajstić information content (AvgIpc) is 2.72. The Morgan fingerprint density at radius 1 is 1.10 bits per heavy atom. The van der Waals surface area contributed by atoms with Gasteiger partial charge in [-0.1, -0.05) is 30.9 Å². The second kappa shape index (κ2) is 12.8. The van der Waals surface area contributed by atoms with Crippen LogP contribution in [0.25, 0.3) is 0 Å². The molecule has 2 N–H and O–H groups in total. The summed E-state index contributed by atoms with van der Waals surface area (Å²) in [5.74, 6) is -0.454. The standard InChI is InChI=1S/C23H31ClN2O4S/c1-18-14-16-25-17-20(18)7-4-6-19(8-13-23(27)28)5-2-3-15-26-31(29,30)22-11-9-21(24)10-12-22/h9-12,14,16-17,19,26H,2-8,13,15H2,1H3,(H,27,28). The fourth-order valence-corrected chi connectivity index (χ4v) is 4.76. The molecule has 0 saturated heterocycles. The molecule has 1 atom stereocenters. The first-order valence-corrected chi connectivity index (χ1v) is 12.5. The van der Waals surface area contributed by atoms with Crippen LogP contribution < -0.4 is 4.72 Å². The third-order valence-electron chi connectivity index (χ3n) is 5.43. The number of aromatic nitrogens is 1. The Labute approximate surface area is 190 Å². The maximum absolute atomic E-state index is 12.3. The van der Waals surface area contributed by atoms with Crippen LogP contribution in [0, 0.1) is 12.8 Å². The molecule has 0 radical (unpaired) electrons. The number of aryl methyl sites for hydroxylation is 2. The van der Waals surface area contributed by atoms with E-state index in [2.05, 4.69) is 16.6 Å². The molecule has 6 nitrogen and oxygen atoms in total. The molecule has 1 unspecified atom stereocenters. The molecule has 0 spiro atoms. The van der Waals surface area contributed by atoms with Crippen molar-refractivity contribution in [1.29, 1.82) is 0 Å². The van der Waals surface area contributed by atoms with E-state index in [0.29, 0.717) is 30.3 Å². The summed E-state index contributed by atoms with van der Waals surface area (Å²) in [6.07, 6.45) is 9.82. The monoisotopic (exact) mass is 466 g/mol. The molecule has 0 saturated carbocycles. The lowest BCUT2D eigenvalue weighted by Crippen LogP contribution is -2.24. The summed E-state index contributed by atoms with van der Waals surface area (Å²) < 4.78 is 27.2. The van der Waals surface area contributed by atoms with Crippen LogP contribution >= 0.6 is 11.6 Å². The minimum Gasteiger partial charge on any atom is -0.481 e. The predicted octanol–water partition coefficient (Wildman–Crippen LogP) is 5.00. The third kappa shape index (κ3) is 9.37. The Bertz CT molecular complexity index is 933. The number of carbonyl (C=O) groups is 1. The lowest BCUT2D eigenvalue weighted by molar-refractivity contribution is -0.137. The van der Waals surface area contributed by atoms with Crippen LogP contribution in [0.15, 0.2) is 47.6 Å². The molecule has 0 bridgehead atoms. The molecule has 1 heterocycles. The van der Waals surface area contributed by atoms with Crippen LogP contribution in [0.5, 0.6) is 0 Å². The van der Waals surface area contributed by atoms with Gasteiger partial charge in [-0.3, -0.25) is 9.78 Å². The largest absolute Gasteiger partial charge is 0.481 e. The molecule has 2 rings (SSSR count). The molecule has 31 heavy (non-hydrogen) atoms. The van der Waals surface area contributed by atoms with E-state index in [4.69, 9.17) is 16.7 Å². The summed E-state index contributed by atoms with van der Waals surface area (Å²) >= 11 is 5.81. The summed E-state index contributed by atoms with van der Waals surface area (Å²) in [5.41, 5.74) is 2.46. The molecular formula is C23H31ClN2O4S. The summed E-state index contributed by atoms with van der Waals surface area (Å²) in [6, 6.07) is 8.07. The molecule has 1 aromatic carbocycles. The first-order valence-electron chi connectivity index (χ1n) is 10.6. The average molecular weight is 467 g/mol. The van der Waals surface area contributed by atoms with Gasteiger partial charge in [-0.15, -0.1) is 0 Å². The topological polar surface area (TPSA) is 96.4 Å². The molecule has 0 fully saturated rings. The van der Waals surface area contributed by atoms with Crippen molar-refractivity contribution in [3.63, 3.8) is 0 Å². The highest BCUT2D eigenvalue weighted by atomic mass is 35.5. The summed E-state index contributed by atoms with van der Waals surface area (Å²) in [4.78, 5) is 15.4. The lowest BCUT2D eigenvalue weighted by Gasteiger charge is -2.16. The number of unbranched alkanes of at least 4 members (excludes halogenated alkanes) is 1. The van der Waals surface area contributed by atoms with Gasteiger partial charge in [-0.25, -0.2) is 13.1 Å². The van der Waals surface area contributed by atoms with Gasteiger partial charge in [-0.2, -0.15) is 0 Å². The van der Waals surface area contributed by atoms with Crippen LogP contribution in [0.1, 0.15) is 56.1 Å². The van der Waals surface area contributed by atoms with E-state index in [-0.39, 0.29) is 11.3 Å². The van der Waals surface area contributed by atoms with Crippen molar-refractivity contribution in [1.82, 2.24) is 9.71 Å². The Morgan fingerprint density at radius 3 is 2.48 bits per heavy atom. The minimum atomic E-state index is -3.54. The van der Waals surface area contributed by atoms with Crippen LogP contribution in [0.3, 0.4) is 0 Å². The fraction of sp³-hybridized carbons (Fsp3) is 0.478. The first kappa shape index (κ1) is 25.3. The van der Waals surface area contributed by atoms with Crippen molar-refractivity contribution in [2.45, 2.75) is 63.2 Å². The number of sulfonamides is 1. The van der Waals surface area contributed by atoms with E-state index in [0.717, 1.165) is 32.1 Å². The van der Waals surface area contributed by atoms with E-state index >= 15 is 0 Å². The number of rotatable bonds is 14. The molecule has 8 heteroatoms. The number of halogens is 1. The number of pyridine rings is 1. The van der Waals surface area contributed by atoms with Gasteiger partial charge in [0.15, 0.2) is 0 Å². The van der Waals surface area contributed by atoms with Crippen LogP contribution in [-0.4, -0.2) is 31.0 Å². The van der Waals surface area contributed by atoms with Gasteiger partial charge in [0.2, 0.25) is 10.0 Å². The number of benzene rings is 1. The second-order valence-corrected chi connectivity index (χ2v) is 10.0. The number of hydrogen-bond acceptors (Lipinski definition) is 4. The maximum Gasteiger partial charge on any atom is 0.303 e. The van der Waals surface area contributed by atoms with Crippen LogP contribution in [0.2, 0.25) is 5.02 Å². The highest BCUT2D eigenvalue weighted by Crippen LogP contribution is 2.22. The number of carboxylic acids is 1. The van der Waals surface area contributed by atoms with Crippen molar-refractivity contribution >= 4 is 27.6 Å². The number of aliphatic carboxylic acids is 1. The smallest absolute Gasteiger partial charge is 0.303 e. The van der Waals surface area contributed by atoms with Crippen molar-refractivity contribution in [2.24, 2.45) is 5.92 Å². The van der Waals surface area contributed by atoms with Crippen LogP contribution in [0.4, 0.5) is 0 Å². The van der Waals surface area contributed by atoms with Gasteiger partial charge in [0.1, 0.15) is 0 Å². The predicted molar refractivity (Wildman–Crippen MR) is 123 cm³/mol. The molecule has 0 amide bonds. The summed E-state index contributed by atoms with van der Waals surface area (Å²) in [5, 5.41) is 9.52. The number of nitrogens with one attached hydrogen (secondary N) is 1. The second-order valence-electron chi connectivity index (χ2n) is 7.84. The number of hydrogen-bond donors (Lipinski definition) is 2. The maximum atomic E-state index is 12.3. The first-order chi connectivity index (χ1) is 14.8. The van der Waals surface area contributed by atoms with E-state index in [1.807, 2.05) is 12.3 Å². The third-order valence-corrected chi connectivity index (χ3v) is 7.16. The zero-order chi connectivity index (χ0) is 22.7. The van der Waals surface area contributed by atoms with Gasteiger partial charge in [0.05, 0.1) is 4.90 Å².